The fourth-order valence-electron chi connectivity index (χ4n) is 3.55. The van der Waals surface area contributed by atoms with E-state index in [0.29, 0.717) is 0 Å². The molecule has 3 rings (SSSR count). The van der Waals surface area contributed by atoms with Gasteiger partial charge in [0, 0.05) is 11.8 Å². The Morgan fingerprint density at radius 1 is 1.00 bits per heavy atom. The number of aromatic nitrogens is 1. The van der Waals surface area contributed by atoms with Crippen molar-refractivity contribution in [3.8, 4) is 11.3 Å². The number of nitrogens with zero attached hydrogens (tertiary/aromatic N) is 1. The van der Waals surface area contributed by atoms with Gasteiger partial charge in [0.15, 0.2) is 0 Å². The summed E-state index contributed by atoms with van der Waals surface area (Å²) in [6.45, 7) is 9.45. The zero-order valence-corrected chi connectivity index (χ0v) is 15.3. The highest BCUT2D eigenvalue weighted by molar-refractivity contribution is 6.89. The molecule has 22 heavy (non-hydrogen) atoms. The van der Waals surface area contributed by atoms with Crippen molar-refractivity contribution in [1.29, 1.82) is 0 Å². The summed E-state index contributed by atoms with van der Waals surface area (Å²) in [5.74, 6) is 0.758. The quantitative estimate of drug-likeness (QED) is 0.705. The highest BCUT2D eigenvalue weighted by Gasteiger charge is 2.27. The van der Waals surface area contributed by atoms with Crippen LogP contribution in [-0.2, 0) is 0 Å². The molecule has 0 N–H and O–H groups in total. The van der Waals surface area contributed by atoms with E-state index in [9.17, 15) is 0 Å². The van der Waals surface area contributed by atoms with Crippen molar-refractivity contribution in [2.45, 2.75) is 58.2 Å². The molecule has 1 saturated carbocycles. The minimum atomic E-state index is -1.34. The first-order valence-electron chi connectivity index (χ1n) is 8.52. The lowest BCUT2D eigenvalue weighted by molar-refractivity contribution is 0.726. The molecule has 0 bridgehead atoms. The van der Waals surface area contributed by atoms with Gasteiger partial charge in [0.05, 0.1) is 13.8 Å². The minimum absolute atomic E-state index is 0.758. The summed E-state index contributed by atoms with van der Waals surface area (Å²) in [6, 6.07) is 11.2. The van der Waals surface area contributed by atoms with Crippen LogP contribution in [0.5, 0.6) is 0 Å². The highest BCUT2D eigenvalue weighted by Crippen LogP contribution is 2.35. The van der Waals surface area contributed by atoms with Crippen LogP contribution in [0, 0.1) is 6.92 Å². The predicted octanol–water partition coefficient (Wildman–Crippen LogP) is 5.26. The van der Waals surface area contributed by atoms with Crippen molar-refractivity contribution in [3.63, 3.8) is 0 Å². The average molecular weight is 310 g/mol. The van der Waals surface area contributed by atoms with Gasteiger partial charge in [-0.1, -0.05) is 62.3 Å². The van der Waals surface area contributed by atoms with Crippen LogP contribution in [0.1, 0.15) is 42.7 Å². The summed E-state index contributed by atoms with van der Waals surface area (Å²) in [4.78, 5) is 4.81. The van der Waals surface area contributed by atoms with E-state index in [-0.39, 0.29) is 0 Å². The lowest BCUT2D eigenvalue weighted by Crippen LogP contribution is -2.41. The second-order valence-electron chi connectivity index (χ2n) is 7.75. The van der Waals surface area contributed by atoms with E-state index < -0.39 is 8.07 Å². The maximum Gasteiger partial charge on any atom is 0.0799 e. The Kier molecular flexibility index (Phi) is 4.22. The minimum Gasteiger partial charge on any atom is -0.256 e. The van der Waals surface area contributed by atoms with Crippen LogP contribution in [0.2, 0.25) is 19.6 Å². The van der Waals surface area contributed by atoms with Crippen molar-refractivity contribution < 1.29 is 0 Å². The van der Waals surface area contributed by atoms with Crippen molar-refractivity contribution in [2.24, 2.45) is 0 Å². The maximum atomic E-state index is 4.81. The molecule has 1 aromatic heterocycles. The van der Waals surface area contributed by atoms with E-state index in [2.05, 4.69) is 63.1 Å². The standard InChI is InChI=1S/C20H27NSi/c1-15-9-11-17(12-10-15)19-13-18(16-7-5-6-8-16)20(14-21-19)22(2,3)4/h9-14,16H,5-8H2,1-4H3. The molecule has 0 radical (unpaired) electrons. The van der Waals surface area contributed by atoms with Gasteiger partial charge in [-0.2, -0.15) is 0 Å². The van der Waals surface area contributed by atoms with Crippen LogP contribution in [-0.4, -0.2) is 13.1 Å². The Morgan fingerprint density at radius 3 is 2.23 bits per heavy atom. The van der Waals surface area contributed by atoms with Crippen LogP contribution in [0.3, 0.4) is 0 Å². The number of benzene rings is 1. The van der Waals surface area contributed by atoms with E-state index in [1.165, 1.54) is 36.8 Å². The van der Waals surface area contributed by atoms with Gasteiger partial charge in [-0.15, -0.1) is 0 Å². The fraction of sp³-hybridized carbons (Fsp3) is 0.450. The Morgan fingerprint density at radius 2 is 1.64 bits per heavy atom. The van der Waals surface area contributed by atoms with E-state index in [4.69, 9.17) is 4.98 Å². The third kappa shape index (κ3) is 3.17. The molecule has 0 aliphatic heterocycles. The van der Waals surface area contributed by atoms with Crippen LogP contribution >= 0.6 is 0 Å². The van der Waals surface area contributed by atoms with E-state index in [1.54, 1.807) is 10.8 Å². The SMILES string of the molecule is Cc1ccc(-c2cc(C3CCCC3)c([Si](C)(C)C)cn2)cc1. The molecule has 0 spiro atoms. The number of hydrogen-bond donors (Lipinski definition) is 0. The van der Waals surface area contributed by atoms with Crippen LogP contribution in [0.4, 0.5) is 0 Å². The molecule has 0 saturated heterocycles. The molecule has 116 valence electrons. The Balaban J connectivity index is 2.07. The summed E-state index contributed by atoms with van der Waals surface area (Å²) >= 11 is 0. The third-order valence-electron chi connectivity index (χ3n) is 4.89. The van der Waals surface area contributed by atoms with Gasteiger partial charge < -0.3 is 0 Å². The van der Waals surface area contributed by atoms with Gasteiger partial charge in [-0.25, -0.2) is 0 Å². The molecule has 1 heterocycles. The van der Waals surface area contributed by atoms with E-state index in [1.807, 2.05) is 0 Å². The molecule has 0 unspecified atom stereocenters. The first-order chi connectivity index (χ1) is 10.4. The number of rotatable bonds is 3. The molecule has 2 aromatic rings. The van der Waals surface area contributed by atoms with Crippen molar-refractivity contribution >= 4 is 13.3 Å². The van der Waals surface area contributed by atoms with Crippen molar-refractivity contribution in [1.82, 2.24) is 4.98 Å². The van der Waals surface area contributed by atoms with E-state index in [0.717, 1.165) is 11.6 Å². The number of aryl methyl sites for hydroxylation is 1. The highest BCUT2D eigenvalue weighted by atomic mass is 28.3. The number of pyridine rings is 1. The average Bonchev–Trinajstić information content (AvgIpc) is 3.00. The third-order valence-corrected chi connectivity index (χ3v) is 6.92. The molecular formula is C20H27NSi. The first kappa shape index (κ1) is 15.5. The summed E-state index contributed by atoms with van der Waals surface area (Å²) < 4.78 is 0. The molecule has 1 aliphatic rings. The van der Waals surface area contributed by atoms with Gasteiger partial charge in [0.1, 0.15) is 0 Å². The Labute approximate surface area is 135 Å². The maximum absolute atomic E-state index is 4.81. The van der Waals surface area contributed by atoms with Crippen LogP contribution in [0.25, 0.3) is 11.3 Å². The second kappa shape index (κ2) is 6.00. The van der Waals surface area contributed by atoms with Crippen LogP contribution < -0.4 is 5.19 Å². The molecule has 1 aromatic carbocycles. The molecule has 1 nitrogen and oxygen atoms in total. The Hall–Kier alpha value is -1.41. The lowest BCUT2D eigenvalue weighted by atomic mass is 9.96. The topological polar surface area (TPSA) is 12.9 Å². The van der Waals surface area contributed by atoms with Gasteiger partial charge in [-0.3, -0.25) is 4.98 Å². The van der Waals surface area contributed by atoms with Crippen molar-refractivity contribution in [2.75, 3.05) is 0 Å². The molecule has 2 heteroatoms. The zero-order chi connectivity index (χ0) is 15.7. The fourth-order valence-corrected chi connectivity index (χ4v) is 5.15. The predicted molar refractivity (Wildman–Crippen MR) is 98.6 cm³/mol. The molecule has 1 fully saturated rings. The van der Waals surface area contributed by atoms with Gasteiger partial charge in [-0.05, 0) is 42.5 Å². The molecule has 0 atom stereocenters. The van der Waals surface area contributed by atoms with Crippen molar-refractivity contribution in [3.05, 3.63) is 47.7 Å². The Bertz CT molecular complexity index is 646. The largest absolute Gasteiger partial charge is 0.256 e. The summed E-state index contributed by atoms with van der Waals surface area (Å²) in [5.41, 5.74) is 5.29. The lowest BCUT2D eigenvalue weighted by Gasteiger charge is -2.24. The molecular weight excluding hydrogens is 282 g/mol. The van der Waals surface area contributed by atoms with Gasteiger partial charge in [0.2, 0.25) is 0 Å². The van der Waals surface area contributed by atoms with Gasteiger partial charge >= 0.3 is 0 Å². The normalized spacial score (nSPS) is 16.2. The monoisotopic (exact) mass is 309 g/mol. The van der Waals surface area contributed by atoms with Crippen LogP contribution in [0.15, 0.2) is 36.5 Å². The van der Waals surface area contributed by atoms with E-state index >= 15 is 0 Å². The zero-order valence-electron chi connectivity index (χ0n) is 14.3. The molecule has 1 aliphatic carbocycles. The smallest absolute Gasteiger partial charge is 0.0799 e. The summed E-state index contributed by atoms with van der Waals surface area (Å²) in [5, 5.41) is 1.57. The van der Waals surface area contributed by atoms with Gasteiger partial charge in [0.25, 0.3) is 0 Å². The number of hydrogen-bond acceptors (Lipinski definition) is 1. The summed E-state index contributed by atoms with van der Waals surface area (Å²) in [7, 11) is -1.34. The second-order valence-corrected chi connectivity index (χ2v) is 12.8. The molecule has 0 amide bonds. The summed E-state index contributed by atoms with van der Waals surface area (Å²) in [6.07, 6.45) is 7.68. The first-order valence-corrected chi connectivity index (χ1v) is 12.0.